The van der Waals surface area contributed by atoms with E-state index in [2.05, 4.69) is 10.6 Å². The molecule has 30 heavy (non-hydrogen) atoms. The van der Waals surface area contributed by atoms with Gasteiger partial charge in [-0.1, -0.05) is 12.1 Å². The van der Waals surface area contributed by atoms with Crippen molar-refractivity contribution < 1.29 is 22.7 Å². The van der Waals surface area contributed by atoms with Crippen LogP contribution < -0.4 is 15.4 Å². The van der Waals surface area contributed by atoms with Crippen LogP contribution in [0.4, 0.5) is 5.00 Å². The molecule has 2 aliphatic rings. The van der Waals surface area contributed by atoms with E-state index in [0.717, 1.165) is 35.3 Å². The van der Waals surface area contributed by atoms with Gasteiger partial charge >= 0.3 is 0 Å². The molecule has 1 unspecified atom stereocenters. The molecule has 9 heteroatoms. The molecule has 1 fully saturated rings. The van der Waals surface area contributed by atoms with Crippen molar-refractivity contribution in [2.24, 2.45) is 0 Å². The summed E-state index contributed by atoms with van der Waals surface area (Å²) in [5.41, 5.74) is 2.48. The zero-order chi connectivity index (χ0) is 21.3. The van der Waals surface area contributed by atoms with Crippen LogP contribution in [-0.4, -0.2) is 44.4 Å². The summed E-state index contributed by atoms with van der Waals surface area (Å²) in [6.07, 6.45) is 3.07. The number of thiophene rings is 1. The van der Waals surface area contributed by atoms with Gasteiger partial charge in [-0.05, 0) is 55.9 Å². The Morgan fingerprint density at radius 2 is 2.10 bits per heavy atom. The number of hydrogen-bond donors (Lipinski definition) is 2. The molecule has 0 radical (unpaired) electrons. The first-order valence-corrected chi connectivity index (χ1v) is 12.6. The molecule has 1 aliphatic carbocycles. The molecule has 1 aromatic carbocycles. The van der Waals surface area contributed by atoms with Gasteiger partial charge in [0.2, 0.25) is 0 Å². The molecule has 1 aromatic heterocycles. The predicted molar refractivity (Wildman–Crippen MR) is 116 cm³/mol. The maximum Gasteiger partial charge on any atom is 0.262 e. The van der Waals surface area contributed by atoms with Gasteiger partial charge < -0.3 is 15.4 Å². The highest BCUT2D eigenvalue weighted by Crippen LogP contribution is 2.39. The van der Waals surface area contributed by atoms with Gasteiger partial charge in [0.25, 0.3) is 11.8 Å². The fraction of sp³-hybridized carbons (Fsp3) is 0.429. The number of nitrogens with one attached hydrogen (secondary N) is 2. The van der Waals surface area contributed by atoms with E-state index >= 15 is 0 Å². The average molecular weight is 449 g/mol. The van der Waals surface area contributed by atoms with E-state index in [9.17, 15) is 18.0 Å². The molecule has 2 aromatic rings. The first-order valence-electron chi connectivity index (χ1n) is 9.96. The topological polar surface area (TPSA) is 102 Å². The number of ether oxygens (including phenoxy) is 1. The summed E-state index contributed by atoms with van der Waals surface area (Å²) >= 11 is 1.42. The Balaban J connectivity index is 1.45. The quantitative estimate of drug-likeness (QED) is 0.707. The number of aryl methyl sites for hydroxylation is 2. The standard InChI is InChI=1S/C21H24N2O5S2/c1-13-4-2-5-15(10-13)28-11-18(24)23-21-19(16-6-3-7-17(16)29-21)20(25)22-14-8-9-30(26,27)12-14/h2,4-5,10,14H,3,6-9,11-12H2,1H3,(H,22,25)(H,23,24). The lowest BCUT2D eigenvalue weighted by Crippen LogP contribution is -2.36. The second-order valence-corrected chi connectivity index (χ2v) is 11.1. The smallest absolute Gasteiger partial charge is 0.262 e. The molecule has 7 nitrogen and oxygen atoms in total. The summed E-state index contributed by atoms with van der Waals surface area (Å²) in [5.74, 6) is 0.0241. The lowest BCUT2D eigenvalue weighted by atomic mass is 10.1. The Hall–Kier alpha value is -2.39. The Morgan fingerprint density at radius 3 is 2.83 bits per heavy atom. The summed E-state index contributed by atoms with van der Waals surface area (Å²) in [6.45, 7) is 1.79. The van der Waals surface area contributed by atoms with Crippen LogP contribution in [0.3, 0.4) is 0 Å². The third-order valence-corrected chi connectivity index (χ3v) is 8.30. The highest BCUT2D eigenvalue weighted by atomic mass is 32.2. The number of amides is 2. The Labute approximate surface area is 179 Å². The number of carbonyl (C=O) groups excluding carboxylic acids is 2. The molecule has 160 valence electrons. The van der Waals surface area contributed by atoms with Gasteiger partial charge in [0.1, 0.15) is 10.8 Å². The normalized spacial score (nSPS) is 19.3. The minimum absolute atomic E-state index is 0.0307. The number of rotatable bonds is 6. The second kappa shape index (κ2) is 8.39. The van der Waals surface area contributed by atoms with Gasteiger partial charge in [-0.15, -0.1) is 11.3 Å². The fourth-order valence-corrected chi connectivity index (χ4v) is 6.89. The first-order chi connectivity index (χ1) is 14.3. The van der Waals surface area contributed by atoms with Crippen LogP contribution in [0.1, 0.15) is 39.2 Å². The third kappa shape index (κ3) is 4.67. The Morgan fingerprint density at radius 1 is 1.27 bits per heavy atom. The molecule has 1 aliphatic heterocycles. The predicted octanol–water partition coefficient (Wildman–Crippen LogP) is 2.48. The average Bonchev–Trinajstić information content (AvgIpc) is 3.34. The highest BCUT2D eigenvalue weighted by Gasteiger charge is 2.32. The molecule has 2 heterocycles. The first kappa shape index (κ1) is 20.9. The van der Waals surface area contributed by atoms with Crippen LogP contribution in [0.5, 0.6) is 5.75 Å². The van der Waals surface area contributed by atoms with Crippen LogP contribution in [0.25, 0.3) is 0 Å². The lowest BCUT2D eigenvalue weighted by molar-refractivity contribution is -0.118. The van der Waals surface area contributed by atoms with Crippen LogP contribution in [0.15, 0.2) is 24.3 Å². The third-order valence-electron chi connectivity index (χ3n) is 5.33. The van der Waals surface area contributed by atoms with Crippen molar-refractivity contribution in [2.75, 3.05) is 23.4 Å². The zero-order valence-electron chi connectivity index (χ0n) is 16.7. The lowest BCUT2D eigenvalue weighted by Gasteiger charge is -2.13. The van der Waals surface area contributed by atoms with Gasteiger partial charge in [0.05, 0.1) is 17.1 Å². The fourth-order valence-electron chi connectivity index (χ4n) is 3.92. The van der Waals surface area contributed by atoms with Crippen LogP contribution >= 0.6 is 11.3 Å². The summed E-state index contributed by atoms with van der Waals surface area (Å²) in [6, 6.07) is 7.06. The van der Waals surface area contributed by atoms with E-state index in [0.29, 0.717) is 22.7 Å². The largest absolute Gasteiger partial charge is 0.484 e. The van der Waals surface area contributed by atoms with Crippen LogP contribution in [0, 0.1) is 6.92 Å². The molecule has 2 amide bonds. The number of benzene rings is 1. The molecule has 4 rings (SSSR count). The van der Waals surface area contributed by atoms with E-state index in [-0.39, 0.29) is 36.0 Å². The van der Waals surface area contributed by atoms with Crippen molar-refractivity contribution >= 4 is 38.0 Å². The van der Waals surface area contributed by atoms with Crippen molar-refractivity contribution in [3.05, 3.63) is 45.8 Å². The number of hydrogen-bond acceptors (Lipinski definition) is 6. The van der Waals surface area contributed by atoms with E-state index in [1.165, 1.54) is 11.3 Å². The molecule has 1 atom stereocenters. The maximum atomic E-state index is 13.0. The zero-order valence-corrected chi connectivity index (χ0v) is 18.3. The molecule has 0 bridgehead atoms. The summed E-state index contributed by atoms with van der Waals surface area (Å²) < 4.78 is 29.0. The maximum absolute atomic E-state index is 13.0. The minimum Gasteiger partial charge on any atom is -0.484 e. The minimum atomic E-state index is -3.09. The molecule has 0 spiro atoms. The van der Waals surface area contributed by atoms with Gasteiger partial charge in [-0.25, -0.2) is 8.42 Å². The summed E-state index contributed by atoms with van der Waals surface area (Å²) in [7, 11) is -3.09. The number of sulfone groups is 1. The second-order valence-electron chi connectivity index (χ2n) is 7.79. The SMILES string of the molecule is Cc1cccc(OCC(=O)Nc2sc3c(c2C(=O)NC2CCS(=O)(=O)C2)CCC3)c1. The van der Waals surface area contributed by atoms with Gasteiger partial charge in [0.15, 0.2) is 16.4 Å². The van der Waals surface area contributed by atoms with E-state index in [1.54, 1.807) is 6.07 Å². The van der Waals surface area contributed by atoms with Gasteiger partial charge in [0, 0.05) is 10.9 Å². The van der Waals surface area contributed by atoms with Crippen molar-refractivity contribution in [2.45, 2.75) is 38.6 Å². The molecule has 2 N–H and O–H groups in total. The molecule has 1 saturated heterocycles. The van der Waals surface area contributed by atoms with Crippen molar-refractivity contribution in [3.63, 3.8) is 0 Å². The number of carbonyl (C=O) groups is 2. The molecular weight excluding hydrogens is 424 g/mol. The highest BCUT2D eigenvalue weighted by molar-refractivity contribution is 7.91. The van der Waals surface area contributed by atoms with E-state index < -0.39 is 9.84 Å². The monoisotopic (exact) mass is 448 g/mol. The number of anilines is 1. The summed E-state index contributed by atoms with van der Waals surface area (Å²) in [5, 5.41) is 6.18. The van der Waals surface area contributed by atoms with Gasteiger partial charge in [-0.3, -0.25) is 9.59 Å². The van der Waals surface area contributed by atoms with Crippen molar-refractivity contribution in [1.29, 1.82) is 0 Å². The summed E-state index contributed by atoms with van der Waals surface area (Å²) in [4.78, 5) is 26.5. The molecular formula is C21H24N2O5S2. The van der Waals surface area contributed by atoms with Crippen molar-refractivity contribution in [3.8, 4) is 5.75 Å². The van der Waals surface area contributed by atoms with E-state index in [4.69, 9.17) is 4.74 Å². The Bertz CT molecular complexity index is 1090. The Kier molecular flexibility index (Phi) is 5.84. The molecule has 0 saturated carbocycles. The van der Waals surface area contributed by atoms with E-state index in [1.807, 2.05) is 25.1 Å². The van der Waals surface area contributed by atoms with Crippen molar-refractivity contribution in [1.82, 2.24) is 5.32 Å². The van der Waals surface area contributed by atoms with Crippen LogP contribution in [0.2, 0.25) is 0 Å². The van der Waals surface area contributed by atoms with Gasteiger partial charge in [-0.2, -0.15) is 0 Å². The van der Waals surface area contributed by atoms with Crippen LogP contribution in [-0.2, 0) is 27.5 Å². The number of fused-ring (bicyclic) bond motifs is 1.